The zero-order valence-electron chi connectivity index (χ0n) is 19.1. The van der Waals surface area contributed by atoms with E-state index in [2.05, 4.69) is 0 Å². The number of amides is 4. The number of benzene rings is 2. The van der Waals surface area contributed by atoms with Crippen LogP contribution in [-0.4, -0.2) is 18.2 Å². The molecule has 0 radical (unpaired) electrons. The van der Waals surface area contributed by atoms with E-state index in [1.807, 2.05) is 10.6 Å². The van der Waals surface area contributed by atoms with Gasteiger partial charge in [0.25, 0.3) is 0 Å². The highest BCUT2D eigenvalue weighted by molar-refractivity contribution is 5.92. The molecule has 4 amide bonds. The van der Waals surface area contributed by atoms with Crippen LogP contribution in [-0.2, 0) is 24.7 Å². The van der Waals surface area contributed by atoms with Gasteiger partial charge in [-0.25, -0.2) is 9.59 Å². The van der Waals surface area contributed by atoms with Crippen molar-refractivity contribution in [2.24, 2.45) is 0 Å². The standard InChI is InChI=1S/C21H16F12N4O2/c1-2-15(36-16(38)34-13-5-9(18(22,23)24)3-10(6-13)19(25,26)27)37-17(39)35-14-7-11(20(28,29)30)4-12(8-14)21(31,32)33/h3-8,15H,2H2,1H3,(H2,34,36,38)(H2,35,37,39). The summed E-state index contributed by atoms with van der Waals surface area (Å²) in [5, 5.41) is 7.41. The van der Waals surface area contributed by atoms with Crippen LogP contribution in [0.3, 0.4) is 0 Å². The van der Waals surface area contributed by atoms with Crippen LogP contribution in [0.1, 0.15) is 35.6 Å². The summed E-state index contributed by atoms with van der Waals surface area (Å²) in [5.74, 6) is 0. The first kappa shape index (κ1) is 31.4. The van der Waals surface area contributed by atoms with Crippen LogP contribution in [0.15, 0.2) is 36.4 Å². The van der Waals surface area contributed by atoms with Gasteiger partial charge in [0.2, 0.25) is 0 Å². The van der Waals surface area contributed by atoms with Crippen molar-refractivity contribution in [3.8, 4) is 0 Å². The van der Waals surface area contributed by atoms with Crippen molar-refractivity contribution in [3.05, 3.63) is 58.7 Å². The smallest absolute Gasteiger partial charge is 0.318 e. The average Bonchev–Trinajstić information content (AvgIpc) is 2.75. The Hall–Kier alpha value is -3.86. The molecule has 216 valence electrons. The summed E-state index contributed by atoms with van der Waals surface area (Å²) in [4.78, 5) is 24.3. The minimum Gasteiger partial charge on any atom is -0.318 e. The van der Waals surface area contributed by atoms with Gasteiger partial charge in [0.15, 0.2) is 0 Å². The molecule has 39 heavy (non-hydrogen) atoms. The monoisotopic (exact) mass is 584 g/mol. The zero-order chi connectivity index (χ0) is 30.0. The fraction of sp³-hybridized carbons (Fsp3) is 0.333. The van der Waals surface area contributed by atoms with Gasteiger partial charge in [-0.2, -0.15) is 52.7 Å². The van der Waals surface area contributed by atoms with Crippen LogP contribution in [0.5, 0.6) is 0 Å². The zero-order valence-corrected chi connectivity index (χ0v) is 19.1. The third-order valence-corrected chi connectivity index (χ3v) is 4.71. The molecular weight excluding hydrogens is 568 g/mol. The van der Waals surface area contributed by atoms with Crippen LogP contribution in [0.4, 0.5) is 73.6 Å². The summed E-state index contributed by atoms with van der Waals surface area (Å²) >= 11 is 0. The molecular formula is C21H16F12N4O2. The Morgan fingerprint density at radius 2 is 0.821 bits per heavy atom. The first-order valence-electron chi connectivity index (χ1n) is 10.3. The van der Waals surface area contributed by atoms with Gasteiger partial charge in [0, 0.05) is 11.4 Å². The maximum absolute atomic E-state index is 13.0. The van der Waals surface area contributed by atoms with Crippen molar-refractivity contribution in [2.45, 2.75) is 44.2 Å². The molecule has 0 atom stereocenters. The second-order valence-corrected chi connectivity index (χ2v) is 7.75. The number of alkyl halides is 12. The maximum Gasteiger partial charge on any atom is 0.416 e. The van der Waals surface area contributed by atoms with E-state index in [1.54, 1.807) is 10.6 Å². The number of nitrogens with one attached hydrogen (secondary N) is 4. The molecule has 0 bridgehead atoms. The molecule has 2 rings (SSSR count). The highest BCUT2D eigenvalue weighted by Gasteiger charge is 2.38. The predicted octanol–water partition coefficient (Wildman–Crippen LogP) is 7.44. The van der Waals surface area contributed by atoms with E-state index in [9.17, 15) is 62.3 Å². The highest BCUT2D eigenvalue weighted by atomic mass is 19.4. The third-order valence-electron chi connectivity index (χ3n) is 4.71. The van der Waals surface area contributed by atoms with Crippen molar-refractivity contribution < 1.29 is 62.3 Å². The van der Waals surface area contributed by atoms with E-state index in [0.717, 1.165) is 0 Å². The van der Waals surface area contributed by atoms with E-state index in [4.69, 9.17) is 0 Å². The van der Waals surface area contributed by atoms with Gasteiger partial charge in [-0.1, -0.05) is 6.92 Å². The number of hydrogen-bond donors (Lipinski definition) is 4. The van der Waals surface area contributed by atoms with Crippen LogP contribution in [0.25, 0.3) is 0 Å². The van der Waals surface area contributed by atoms with Gasteiger partial charge in [0.05, 0.1) is 22.3 Å². The Morgan fingerprint density at radius 1 is 0.564 bits per heavy atom. The molecule has 18 heteroatoms. The van der Waals surface area contributed by atoms with E-state index >= 15 is 0 Å². The fourth-order valence-electron chi connectivity index (χ4n) is 2.95. The Morgan fingerprint density at radius 3 is 1.03 bits per heavy atom. The van der Waals surface area contributed by atoms with Gasteiger partial charge >= 0.3 is 36.8 Å². The SMILES string of the molecule is CCC(NC(=O)Nc1cc(C(F)(F)F)cc(C(F)(F)F)c1)NC(=O)Nc1cc(C(F)(F)F)cc(C(F)(F)F)c1. The number of carbonyl (C=O) groups excluding carboxylic acids is 2. The van der Waals surface area contributed by atoms with Crippen LogP contribution in [0, 0.1) is 0 Å². The van der Waals surface area contributed by atoms with E-state index < -0.39 is 76.6 Å². The summed E-state index contributed by atoms with van der Waals surface area (Å²) < 4.78 is 156. The predicted molar refractivity (Wildman–Crippen MR) is 111 cm³/mol. The number of halogens is 12. The molecule has 0 heterocycles. The molecule has 0 aliphatic carbocycles. The minimum atomic E-state index is -5.20. The lowest BCUT2D eigenvalue weighted by Gasteiger charge is -2.21. The lowest BCUT2D eigenvalue weighted by atomic mass is 10.1. The molecule has 2 aromatic carbocycles. The Bertz CT molecular complexity index is 1050. The lowest BCUT2D eigenvalue weighted by Crippen LogP contribution is -2.50. The number of urea groups is 2. The summed E-state index contributed by atoms with van der Waals surface area (Å²) in [7, 11) is 0. The third kappa shape index (κ3) is 9.13. The second kappa shape index (κ2) is 11.1. The van der Waals surface area contributed by atoms with E-state index in [0.29, 0.717) is 0 Å². The van der Waals surface area contributed by atoms with Crippen molar-refractivity contribution in [3.63, 3.8) is 0 Å². The lowest BCUT2D eigenvalue weighted by molar-refractivity contribution is -0.144. The van der Waals surface area contributed by atoms with Crippen molar-refractivity contribution >= 4 is 23.4 Å². The quantitative estimate of drug-likeness (QED) is 0.218. The maximum atomic E-state index is 13.0. The normalized spacial score (nSPS) is 12.8. The molecule has 6 nitrogen and oxygen atoms in total. The molecule has 0 aliphatic rings. The Labute approximate surface area is 210 Å². The summed E-state index contributed by atoms with van der Waals surface area (Å²) in [6.45, 7) is 1.32. The number of anilines is 2. The van der Waals surface area contributed by atoms with Crippen LogP contribution < -0.4 is 21.3 Å². The van der Waals surface area contributed by atoms with Crippen LogP contribution >= 0.6 is 0 Å². The molecule has 0 aromatic heterocycles. The molecule has 4 N–H and O–H groups in total. The fourth-order valence-corrected chi connectivity index (χ4v) is 2.95. The van der Waals surface area contributed by atoms with Crippen molar-refractivity contribution in [1.29, 1.82) is 0 Å². The minimum absolute atomic E-state index is 0.179. The van der Waals surface area contributed by atoms with E-state index in [-0.39, 0.29) is 42.8 Å². The Kier molecular flexibility index (Phi) is 8.92. The van der Waals surface area contributed by atoms with Crippen LogP contribution in [0.2, 0.25) is 0 Å². The summed E-state index contributed by atoms with van der Waals surface area (Å²) in [5.41, 5.74) is -8.74. The molecule has 0 aliphatic heterocycles. The van der Waals surface area contributed by atoms with E-state index in [1.165, 1.54) is 6.92 Å². The van der Waals surface area contributed by atoms with Crippen molar-refractivity contribution in [1.82, 2.24) is 10.6 Å². The first-order valence-corrected chi connectivity index (χ1v) is 10.3. The highest BCUT2D eigenvalue weighted by Crippen LogP contribution is 2.38. The Balaban J connectivity index is 2.17. The largest absolute Gasteiger partial charge is 0.416 e. The molecule has 2 aromatic rings. The number of carbonyl (C=O) groups is 2. The molecule has 0 saturated carbocycles. The van der Waals surface area contributed by atoms with Gasteiger partial charge < -0.3 is 21.3 Å². The topological polar surface area (TPSA) is 82.3 Å². The number of rotatable bonds is 5. The summed E-state index contributed by atoms with van der Waals surface area (Å²) in [6, 6.07) is -2.31. The molecule has 0 saturated heterocycles. The molecule has 0 unspecified atom stereocenters. The molecule has 0 fully saturated rings. The second-order valence-electron chi connectivity index (χ2n) is 7.75. The van der Waals surface area contributed by atoms with Gasteiger partial charge in [-0.3, -0.25) is 0 Å². The summed E-state index contributed by atoms with van der Waals surface area (Å²) in [6.07, 6.45) is -22.4. The van der Waals surface area contributed by atoms with Crippen molar-refractivity contribution in [2.75, 3.05) is 10.6 Å². The average molecular weight is 584 g/mol. The van der Waals surface area contributed by atoms with Gasteiger partial charge in [-0.05, 0) is 42.8 Å². The molecule has 0 spiro atoms. The first-order chi connectivity index (χ1) is 17.6. The van der Waals surface area contributed by atoms with Gasteiger partial charge in [-0.15, -0.1) is 0 Å². The number of hydrogen-bond acceptors (Lipinski definition) is 2. The van der Waals surface area contributed by atoms with Gasteiger partial charge in [0.1, 0.15) is 6.17 Å².